The number of benzene rings is 2. The molecule has 0 atom stereocenters. The van der Waals surface area contributed by atoms with Gasteiger partial charge >= 0.3 is 5.97 Å². The molecule has 0 heterocycles. The van der Waals surface area contributed by atoms with Crippen molar-refractivity contribution in [3.05, 3.63) is 58.7 Å². The molecule has 0 unspecified atom stereocenters. The van der Waals surface area contributed by atoms with Gasteiger partial charge in [0.25, 0.3) is 0 Å². The summed E-state index contributed by atoms with van der Waals surface area (Å²) in [6.45, 7) is 2.08. The topological polar surface area (TPSA) is 96.3 Å². The number of ether oxygens (including phenoxy) is 1. The Morgan fingerprint density at radius 3 is 2.71 bits per heavy atom. The first-order valence-electron chi connectivity index (χ1n) is 6.26. The minimum atomic E-state index is -1.07. The van der Waals surface area contributed by atoms with E-state index in [1.807, 2.05) is 6.92 Å². The average Bonchev–Trinajstić information content (AvgIpc) is 2.45. The molecule has 2 aromatic carbocycles. The van der Waals surface area contributed by atoms with Gasteiger partial charge in [-0.3, -0.25) is 0 Å². The van der Waals surface area contributed by atoms with Crippen molar-refractivity contribution in [2.45, 2.75) is 13.5 Å². The van der Waals surface area contributed by atoms with Crippen molar-refractivity contribution in [3.63, 3.8) is 0 Å². The number of carbonyl (C=O) groups is 1. The van der Waals surface area contributed by atoms with Crippen molar-refractivity contribution >= 4 is 11.7 Å². The van der Waals surface area contributed by atoms with Crippen LogP contribution in [-0.2, 0) is 6.61 Å². The molecule has 0 aliphatic carbocycles. The number of hydrogen-bond donors (Lipinski definition) is 2. The number of anilines is 1. The van der Waals surface area contributed by atoms with Gasteiger partial charge in [-0.2, -0.15) is 5.26 Å². The molecule has 2 rings (SSSR count). The van der Waals surface area contributed by atoms with E-state index in [0.29, 0.717) is 11.3 Å². The molecule has 0 radical (unpaired) electrons. The largest absolute Gasteiger partial charge is 0.488 e. The number of hydrogen-bond acceptors (Lipinski definition) is 4. The number of nitriles is 1. The summed E-state index contributed by atoms with van der Waals surface area (Å²) in [6, 6.07) is 11.7. The van der Waals surface area contributed by atoms with E-state index < -0.39 is 5.97 Å². The molecule has 0 spiro atoms. The van der Waals surface area contributed by atoms with Gasteiger partial charge < -0.3 is 15.6 Å². The van der Waals surface area contributed by atoms with Gasteiger partial charge in [0.05, 0.1) is 11.6 Å². The van der Waals surface area contributed by atoms with Crippen LogP contribution in [0.5, 0.6) is 5.75 Å². The number of rotatable bonds is 4. The summed E-state index contributed by atoms with van der Waals surface area (Å²) >= 11 is 0. The summed E-state index contributed by atoms with van der Waals surface area (Å²) in [7, 11) is 0. The standard InChI is InChI=1S/C16H14N2O3/c1-10-6-11(8-17)2-3-12(10)9-21-15-7-13(18)4-5-14(15)16(19)20/h2-7H,9,18H2,1H3,(H,19,20). The van der Waals surface area contributed by atoms with Crippen LogP contribution in [-0.4, -0.2) is 11.1 Å². The number of carboxylic acid groups (broad SMARTS) is 1. The molecular formula is C16H14N2O3. The number of aryl methyl sites for hydroxylation is 1. The minimum absolute atomic E-state index is 0.0653. The van der Waals surface area contributed by atoms with E-state index in [9.17, 15) is 4.79 Å². The lowest BCUT2D eigenvalue weighted by atomic mass is 10.1. The lowest BCUT2D eigenvalue weighted by Crippen LogP contribution is -2.05. The Labute approximate surface area is 122 Å². The predicted octanol–water partition coefficient (Wildman–Crippen LogP) is 2.73. The van der Waals surface area contributed by atoms with E-state index in [2.05, 4.69) is 6.07 Å². The van der Waals surface area contributed by atoms with Crippen LogP contribution in [0, 0.1) is 18.3 Å². The van der Waals surface area contributed by atoms with Gasteiger partial charge in [0.1, 0.15) is 17.9 Å². The predicted molar refractivity (Wildman–Crippen MR) is 78.0 cm³/mol. The molecule has 5 nitrogen and oxygen atoms in total. The summed E-state index contributed by atoms with van der Waals surface area (Å²) in [5.74, 6) is -0.840. The molecule has 3 N–H and O–H groups in total. The molecule has 21 heavy (non-hydrogen) atoms. The number of carboxylic acids is 1. The molecule has 0 fully saturated rings. The zero-order valence-corrected chi connectivity index (χ0v) is 11.5. The van der Waals surface area contributed by atoms with Gasteiger partial charge in [0.2, 0.25) is 0 Å². The zero-order valence-electron chi connectivity index (χ0n) is 11.5. The molecule has 0 saturated heterocycles. The van der Waals surface area contributed by atoms with E-state index in [1.54, 1.807) is 18.2 Å². The van der Waals surface area contributed by atoms with Crippen molar-refractivity contribution < 1.29 is 14.6 Å². The SMILES string of the molecule is Cc1cc(C#N)ccc1COc1cc(N)ccc1C(=O)O. The van der Waals surface area contributed by atoms with Crippen LogP contribution in [0.1, 0.15) is 27.0 Å². The van der Waals surface area contributed by atoms with Crippen molar-refractivity contribution in [1.29, 1.82) is 5.26 Å². The number of nitrogens with zero attached hydrogens (tertiary/aromatic N) is 1. The Morgan fingerprint density at radius 1 is 1.33 bits per heavy atom. The van der Waals surface area contributed by atoms with E-state index in [-0.39, 0.29) is 17.9 Å². The highest BCUT2D eigenvalue weighted by molar-refractivity contribution is 5.91. The summed E-state index contributed by atoms with van der Waals surface area (Å²) in [5, 5.41) is 17.9. The maximum absolute atomic E-state index is 11.1. The van der Waals surface area contributed by atoms with Crippen LogP contribution in [0.4, 0.5) is 5.69 Å². The maximum atomic E-state index is 11.1. The fourth-order valence-electron chi connectivity index (χ4n) is 1.92. The van der Waals surface area contributed by atoms with Gasteiger partial charge in [-0.1, -0.05) is 6.07 Å². The van der Waals surface area contributed by atoms with Crippen molar-refractivity contribution in [2.75, 3.05) is 5.73 Å². The molecule has 0 amide bonds. The highest BCUT2D eigenvalue weighted by Crippen LogP contribution is 2.23. The summed E-state index contributed by atoms with van der Waals surface area (Å²) in [6.07, 6.45) is 0. The van der Waals surface area contributed by atoms with Crippen LogP contribution in [0.25, 0.3) is 0 Å². The van der Waals surface area contributed by atoms with E-state index in [1.165, 1.54) is 18.2 Å². The van der Waals surface area contributed by atoms with Gasteiger partial charge in [-0.15, -0.1) is 0 Å². The third-order valence-corrected chi connectivity index (χ3v) is 3.09. The molecular weight excluding hydrogens is 268 g/mol. The molecule has 0 aliphatic rings. The Hall–Kier alpha value is -3.00. The fraction of sp³-hybridized carbons (Fsp3) is 0.125. The third kappa shape index (κ3) is 3.31. The molecule has 0 aromatic heterocycles. The van der Waals surface area contributed by atoms with Crippen LogP contribution in [0.15, 0.2) is 36.4 Å². The average molecular weight is 282 g/mol. The van der Waals surface area contributed by atoms with Gasteiger partial charge in [0, 0.05) is 11.8 Å². The van der Waals surface area contributed by atoms with E-state index in [4.69, 9.17) is 20.8 Å². The third-order valence-electron chi connectivity index (χ3n) is 3.09. The Morgan fingerprint density at radius 2 is 2.10 bits per heavy atom. The smallest absolute Gasteiger partial charge is 0.339 e. The molecule has 0 aliphatic heterocycles. The number of aromatic carboxylic acids is 1. The highest BCUT2D eigenvalue weighted by atomic mass is 16.5. The maximum Gasteiger partial charge on any atom is 0.339 e. The molecule has 106 valence electrons. The second kappa shape index (κ2) is 5.97. The van der Waals surface area contributed by atoms with Gasteiger partial charge in [-0.05, 0) is 42.3 Å². The van der Waals surface area contributed by atoms with Crippen molar-refractivity contribution in [1.82, 2.24) is 0 Å². The van der Waals surface area contributed by atoms with Crippen molar-refractivity contribution in [2.24, 2.45) is 0 Å². The Bertz CT molecular complexity index is 733. The fourth-order valence-corrected chi connectivity index (χ4v) is 1.92. The van der Waals surface area contributed by atoms with Crippen LogP contribution < -0.4 is 10.5 Å². The highest BCUT2D eigenvalue weighted by Gasteiger charge is 2.12. The molecule has 2 aromatic rings. The Kier molecular flexibility index (Phi) is 4.10. The number of nitrogen functional groups attached to an aromatic ring is 1. The van der Waals surface area contributed by atoms with E-state index >= 15 is 0 Å². The van der Waals surface area contributed by atoms with Crippen LogP contribution in [0.3, 0.4) is 0 Å². The molecule has 5 heteroatoms. The normalized spacial score (nSPS) is 9.90. The van der Waals surface area contributed by atoms with Gasteiger partial charge in [-0.25, -0.2) is 4.79 Å². The first-order chi connectivity index (χ1) is 10.0. The van der Waals surface area contributed by atoms with Crippen molar-refractivity contribution in [3.8, 4) is 11.8 Å². The second-order valence-corrected chi connectivity index (χ2v) is 4.60. The second-order valence-electron chi connectivity index (χ2n) is 4.60. The summed E-state index contributed by atoms with van der Waals surface area (Å²) in [4.78, 5) is 11.1. The molecule has 0 saturated carbocycles. The molecule has 0 bridgehead atoms. The lowest BCUT2D eigenvalue weighted by molar-refractivity contribution is 0.0692. The number of nitrogens with two attached hydrogens (primary N) is 1. The van der Waals surface area contributed by atoms with E-state index in [0.717, 1.165) is 11.1 Å². The van der Waals surface area contributed by atoms with Gasteiger partial charge in [0.15, 0.2) is 0 Å². The summed E-state index contributed by atoms with van der Waals surface area (Å²) < 4.78 is 5.58. The zero-order chi connectivity index (χ0) is 15.4. The monoisotopic (exact) mass is 282 g/mol. The minimum Gasteiger partial charge on any atom is -0.488 e. The summed E-state index contributed by atoms with van der Waals surface area (Å²) in [5.41, 5.74) is 8.53. The lowest BCUT2D eigenvalue weighted by Gasteiger charge is -2.11. The van der Waals surface area contributed by atoms with Crippen LogP contribution in [0.2, 0.25) is 0 Å². The first-order valence-corrected chi connectivity index (χ1v) is 6.26. The quantitative estimate of drug-likeness (QED) is 0.840. The van der Waals surface area contributed by atoms with Crippen LogP contribution >= 0.6 is 0 Å². The first kappa shape index (κ1) is 14.4. The Balaban J connectivity index is 2.22.